The van der Waals surface area contributed by atoms with Crippen molar-refractivity contribution in [1.29, 1.82) is 0 Å². The van der Waals surface area contributed by atoms with E-state index in [2.05, 4.69) is 31.1 Å². The standard InChI is InChI=1S/C23H28N6O3/c1-15(2)32-20-11-17-18(12-25-20)26-27-21(17)16-4-5-24-19(10-16)28-6-8-29(9-7-28)22(30)23(3)13-31-14-23/h4-5,10-12,15H,6-9,13-14H2,1-3H3,(H,26,27). The van der Waals surface area contributed by atoms with Gasteiger partial charge in [-0.05, 0) is 32.9 Å². The van der Waals surface area contributed by atoms with Crippen LogP contribution in [0.5, 0.6) is 5.88 Å². The first kappa shape index (κ1) is 20.7. The maximum Gasteiger partial charge on any atom is 0.233 e. The molecule has 32 heavy (non-hydrogen) atoms. The number of fused-ring (bicyclic) bond motifs is 1. The molecule has 0 radical (unpaired) electrons. The highest BCUT2D eigenvalue weighted by atomic mass is 16.5. The molecule has 1 amide bonds. The molecule has 0 aromatic carbocycles. The second-order valence-corrected chi connectivity index (χ2v) is 9.04. The third kappa shape index (κ3) is 3.77. The molecule has 0 spiro atoms. The van der Waals surface area contributed by atoms with Gasteiger partial charge in [0.15, 0.2) is 0 Å². The molecule has 0 saturated carbocycles. The van der Waals surface area contributed by atoms with Crippen molar-refractivity contribution in [2.45, 2.75) is 26.9 Å². The lowest BCUT2D eigenvalue weighted by atomic mass is 9.86. The number of aromatic nitrogens is 4. The molecule has 0 bridgehead atoms. The predicted octanol–water partition coefficient (Wildman–Crippen LogP) is 2.49. The minimum atomic E-state index is -0.353. The van der Waals surface area contributed by atoms with Crippen molar-refractivity contribution < 1.29 is 14.3 Å². The summed E-state index contributed by atoms with van der Waals surface area (Å²) in [6.45, 7) is 9.85. The van der Waals surface area contributed by atoms with E-state index >= 15 is 0 Å². The predicted molar refractivity (Wildman–Crippen MR) is 121 cm³/mol. The van der Waals surface area contributed by atoms with Crippen LogP contribution in [0.15, 0.2) is 30.6 Å². The van der Waals surface area contributed by atoms with Crippen LogP contribution in [-0.4, -0.2) is 76.5 Å². The highest BCUT2D eigenvalue weighted by Crippen LogP contribution is 2.31. The van der Waals surface area contributed by atoms with Gasteiger partial charge in [0, 0.05) is 49.4 Å². The summed E-state index contributed by atoms with van der Waals surface area (Å²) in [5.41, 5.74) is 2.32. The Morgan fingerprint density at radius 2 is 1.97 bits per heavy atom. The maximum absolute atomic E-state index is 12.8. The largest absolute Gasteiger partial charge is 0.475 e. The third-order valence-corrected chi connectivity index (χ3v) is 6.05. The summed E-state index contributed by atoms with van der Waals surface area (Å²) < 4.78 is 11.0. The first-order valence-corrected chi connectivity index (χ1v) is 11.0. The van der Waals surface area contributed by atoms with Crippen LogP contribution in [0.4, 0.5) is 5.82 Å². The Kier molecular flexibility index (Phi) is 5.21. The summed E-state index contributed by atoms with van der Waals surface area (Å²) in [5, 5.41) is 8.53. The van der Waals surface area contributed by atoms with E-state index in [9.17, 15) is 4.79 Å². The highest BCUT2D eigenvalue weighted by Gasteiger charge is 2.44. The van der Waals surface area contributed by atoms with Crippen molar-refractivity contribution in [3.63, 3.8) is 0 Å². The molecule has 0 atom stereocenters. The molecule has 5 heterocycles. The number of hydrogen-bond donors (Lipinski definition) is 1. The van der Waals surface area contributed by atoms with Gasteiger partial charge >= 0.3 is 0 Å². The van der Waals surface area contributed by atoms with E-state index in [1.54, 1.807) is 6.20 Å². The molecule has 168 valence electrons. The van der Waals surface area contributed by atoms with Crippen molar-refractivity contribution in [3.05, 3.63) is 30.6 Å². The van der Waals surface area contributed by atoms with Gasteiger partial charge < -0.3 is 19.3 Å². The summed E-state index contributed by atoms with van der Waals surface area (Å²) in [5.74, 6) is 1.66. The van der Waals surface area contributed by atoms with E-state index in [1.807, 2.05) is 44.0 Å². The fourth-order valence-corrected chi connectivity index (χ4v) is 4.21. The quantitative estimate of drug-likeness (QED) is 0.656. The van der Waals surface area contributed by atoms with Crippen LogP contribution in [0.2, 0.25) is 0 Å². The van der Waals surface area contributed by atoms with Gasteiger partial charge in [0.25, 0.3) is 0 Å². The van der Waals surface area contributed by atoms with Crippen LogP contribution in [0, 0.1) is 5.41 Å². The Morgan fingerprint density at radius 3 is 2.66 bits per heavy atom. The number of nitrogens with one attached hydrogen (secondary N) is 1. The zero-order valence-electron chi connectivity index (χ0n) is 18.7. The smallest absolute Gasteiger partial charge is 0.233 e. The molecular weight excluding hydrogens is 408 g/mol. The number of nitrogens with zero attached hydrogens (tertiary/aromatic N) is 5. The highest BCUT2D eigenvalue weighted by molar-refractivity contribution is 5.93. The van der Waals surface area contributed by atoms with Gasteiger partial charge in [0.05, 0.1) is 36.4 Å². The number of piperazine rings is 1. The van der Waals surface area contributed by atoms with Gasteiger partial charge in [-0.15, -0.1) is 0 Å². The number of carbonyl (C=O) groups is 1. The molecule has 2 fully saturated rings. The lowest BCUT2D eigenvalue weighted by Crippen LogP contribution is -2.58. The molecule has 2 aliphatic heterocycles. The fourth-order valence-electron chi connectivity index (χ4n) is 4.21. The lowest BCUT2D eigenvalue weighted by molar-refractivity contribution is -0.169. The van der Waals surface area contributed by atoms with Gasteiger partial charge in [-0.3, -0.25) is 9.89 Å². The van der Waals surface area contributed by atoms with Crippen molar-refractivity contribution in [3.8, 4) is 17.1 Å². The number of rotatable bonds is 5. The third-order valence-electron chi connectivity index (χ3n) is 6.05. The zero-order chi connectivity index (χ0) is 22.3. The van der Waals surface area contributed by atoms with Crippen molar-refractivity contribution >= 4 is 22.6 Å². The Balaban J connectivity index is 1.34. The normalized spacial score (nSPS) is 18.1. The number of carbonyl (C=O) groups excluding carboxylic acids is 1. The van der Waals surface area contributed by atoms with E-state index in [4.69, 9.17) is 9.47 Å². The molecule has 3 aromatic rings. The first-order chi connectivity index (χ1) is 15.4. The van der Waals surface area contributed by atoms with Crippen LogP contribution in [0.1, 0.15) is 20.8 Å². The first-order valence-electron chi connectivity index (χ1n) is 11.0. The van der Waals surface area contributed by atoms with E-state index in [1.165, 1.54) is 0 Å². The van der Waals surface area contributed by atoms with Crippen LogP contribution in [0.3, 0.4) is 0 Å². The number of hydrogen-bond acceptors (Lipinski definition) is 7. The molecule has 0 aliphatic carbocycles. The van der Waals surface area contributed by atoms with Crippen molar-refractivity contribution in [2.75, 3.05) is 44.3 Å². The SMILES string of the molecule is CC(C)Oc1cc2c(-c3ccnc(N4CCN(C(=O)C5(C)COC5)CC4)c3)n[nH]c2cn1. The minimum Gasteiger partial charge on any atom is -0.475 e. The van der Waals surface area contributed by atoms with Crippen LogP contribution in [0.25, 0.3) is 22.2 Å². The van der Waals surface area contributed by atoms with Gasteiger partial charge in [-0.1, -0.05) is 0 Å². The van der Waals surface area contributed by atoms with Crippen molar-refractivity contribution in [2.24, 2.45) is 5.41 Å². The number of ether oxygens (including phenoxy) is 2. The zero-order valence-corrected chi connectivity index (χ0v) is 18.7. The summed E-state index contributed by atoms with van der Waals surface area (Å²) >= 11 is 0. The summed E-state index contributed by atoms with van der Waals surface area (Å²) in [6, 6.07) is 5.93. The second kappa shape index (κ2) is 8.05. The Morgan fingerprint density at radius 1 is 1.19 bits per heavy atom. The molecule has 3 aromatic heterocycles. The van der Waals surface area contributed by atoms with E-state index in [0.29, 0.717) is 32.2 Å². The molecule has 5 rings (SSSR count). The fraction of sp³-hybridized carbons (Fsp3) is 0.478. The van der Waals surface area contributed by atoms with E-state index < -0.39 is 0 Å². The Hall–Kier alpha value is -3.20. The van der Waals surface area contributed by atoms with E-state index in [-0.39, 0.29) is 17.4 Å². The average Bonchev–Trinajstić information content (AvgIpc) is 3.20. The van der Waals surface area contributed by atoms with Gasteiger partial charge in [0.2, 0.25) is 11.8 Å². The van der Waals surface area contributed by atoms with Gasteiger partial charge in [-0.2, -0.15) is 5.10 Å². The molecular formula is C23H28N6O3. The minimum absolute atomic E-state index is 0.0489. The van der Waals surface area contributed by atoms with Crippen LogP contribution >= 0.6 is 0 Å². The van der Waals surface area contributed by atoms with Crippen LogP contribution in [-0.2, 0) is 9.53 Å². The summed E-state index contributed by atoms with van der Waals surface area (Å²) in [7, 11) is 0. The topological polar surface area (TPSA) is 96.5 Å². The maximum atomic E-state index is 12.8. The molecule has 9 heteroatoms. The Bertz CT molecular complexity index is 1130. The average molecular weight is 437 g/mol. The monoisotopic (exact) mass is 436 g/mol. The number of aromatic amines is 1. The number of amides is 1. The molecule has 1 N–H and O–H groups in total. The molecule has 2 saturated heterocycles. The lowest BCUT2D eigenvalue weighted by Gasteiger charge is -2.43. The molecule has 9 nitrogen and oxygen atoms in total. The van der Waals surface area contributed by atoms with E-state index in [0.717, 1.165) is 41.1 Å². The second-order valence-electron chi connectivity index (χ2n) is 9.04. The number of pyridine rings is 2. The number of anilines is 1. The molecule has 0 unspecified atom stereocenters. The molecule has 2 aliphatic rings. The Labute approximate surface area is 186 Å². The van der Waals surface area contributed by atoms with Gasteiger partial charge in [0.1, 0.15) is 11.5 Å². The summed E-state index contributed by atoms with van der Waals surface area (Å²) in [4.78, 5) is 25.9. The van der Waals surface area contributed by atoms with Crippen LogP contribution < -0.4 is 9.64 Å². The number of H-pyrrole nitrogens is 1. The van der Waals surface area contributed by atoms with Gasteiger partial charge in [-0.25, -0.2) is 9.97 Å². The summed E-state index contributed by atoms with van der Waals surface area (Å²) in [6.07, 6.45) is 3.60. The van der Waals surface area contributed by atoms with Crippen molar-refractivity contribution in [1.82, 2.24) is 25.1 Å².